The van der Waals surface area contributed by atoms with Gasteiger partial charge in [0.15, 0.2) is 0 Å². The molecule has 1 aromatic heterocycles. The van der Waals surface area contributed by atoms with Crippen molar-refractivity contribution in [3.8, 4) is 0 Å². The molecule has 116 valence electrons. The van der Waals surface area contributed by atoms with Crippen LogP contribution in [0.25, 0.3) is 10.9 Å². The van der Waals surface area contributed by atoms with Crippen LogP contribution in [0.15, 0.2) is 23.3 Å². The number of halogens is 1. The maximum Gasteiger partial charge on any atom is 0.261 e. The fourth-order valence-corrected chi connectivity index (χ4v) is 4.21. The number of nitrogens with two attached hydrogens (primary N) is 1. The molecule has 2 fully saturated rings. The number of piperidine rings is 1. The van der Waals surface area contributed by atoms with Crippen molar-refractivity contribution in [2.45, 2.75) is 43.8 Å². The summed E-state index contributed by atoms with van der Waals surface area (Å²) in [7, 11) is 2.20. The van der Waals surface area contributed by atoms with Crippen LogP contribution < -0.4 is 11.3 Å². The fourth-order valence-electron chi connectivity index (χ4n) is 4.04. The molecule has 3 heterocycles. The average molecular weight is 319 g/mol. The minimum atomic E-state index is -0.0131. The van der Waals surface area contributed by atoms with E-state index in [2.05, 4.69) is 16.9 Å². The predicted octanol–water partition coefficient (Wildman–Crippen LogP) is 2.43. The number of hydrogen-bond acceptors (Lipinski definition) is 4. The summed E-state index contributed by atoms with van der Waals surface area (Å²) in [5, 5.41) is 0.959. The molecule has 2 atom stereocenters. The second-order valence-electron chi connectivity index (χ2n) is 6.52. The zero-order chi connectivity index (χ0) is 15.4. The van der Waals surface area contributed by atoms with Gasteiger partial charge >= 0.3 is 0 Å². The topological polar surface area (TPSA) is 64.2 Å². The summed E-state index contributed by atoms with van der Waals surface area (Å²) >= 11 is 6.07. The van der Waals surface area contributed by atoms with Crippen molar-refractivity contribution in [2.24, 2.45) is 0 Å². The largest absolute Gasteiger partial charge is 0.397 e. The van der Waals surface area contributed by atoms with Gasteiger partial charge in [-0.2, -0.15) is 0 Å². The number of hydrogen-bond donors (Lipinski definition) is 1. The van der Waals surface area contributed by atoms with Gasteiger partial charge in [-0.05, 0) is 44.9 Å². The molecule has 0 radical (unpaired) electrons. The van der Waals surface area contributed by atoms with E-state index in [1.807, 2.05) is 0 Å². The second-order valence-corrected chi connectivity index (χ2v) is 6.93. The molecule has 5 nitrogen and oxygen atoms in total. The number of fused-ring (bicyclic) bond motifs is 3. The van der Waals surface area contributed by atoms with Crippen molar-refractivity contribution in [1.82, 2.24) is 14.5 Å². The smallest absolute Gasteiger partial charge is 0.261 e. The lowest BCUT2D eigenvalue weighted by Gasteiger charge is -2.36. The van der Waals surface area contributed by atoms with Crippen molar-refractivity contribution < 1.29 is 0 Å². The van der Waals surface area contributed by atoms with Gasteiger partial charge in [0.25, 0.3) is 5.56 Å². The molecule has 0 spiro atoms. The Kier molecular flexibility index (Phi) is 3.16. The Morgan fingerprint density at radius 2 is 1.91 bits per heavy atom. The van der Waals surface area contributed by atoms with E-state index >= 15 is 0 Å². The molecule has 2 aliphatic heterocycles. The van der Waals surface area contributed by atoms with Crippen LogP contribution >= 0.6 is 11.6 Å². The van der Waals surface area contributed by atoms with E-state index in [1.54, 1.807) is 23.0 Å². The maximum absolute atomic E-state index is 12.8. The molecular weight excluding hydrogens is 300 g/mol. The number of nitrogen functional groups attached to an aromatic ring is 1. The van der Waals surface area contributed by atoms with Gasteiger partial charge in [-0.1, -0.05) is 11.6 Å². The first-order valence-corrected chi connectivity index (χ1v) is 8.10. The predicted molar refractivity (Wildman–Crippen MR) is 88.3 cm³/mol. The van der Waals surface area contributed by atoms with Crippen LogP contribution in [0.5, 0.6) is 0 Å². The van der Waals surface area contributed by atoms with Gasteiger partial charge in [0, 0.05) is 18.1 Å². The molecule has 1 aromatic carbocycles. The molecule has 2 aromatic rings. The van der Waals surface area contributed by atoms with Crippen LogP contribution in [0.4, 0.5) is 5.69 Å². The molecule has 2 bridgehead atoms. The second kappa shape index (κ2) is 4.96. The highest BCUT2D eigenvalue weighted by Crippen LogP contribution is 2.39. The molecule has 4 rings (SSSR count). The molecule has 6 heteroatoms. The van der Waals surface area contributed by atoms with Crippen LogP contribution in [0, 0.1) is 0 Å². The fraction of sp³-hybridized carbons (Fsp3) is 0.500. The third-order valence-electron chi connectivity index (χ3n) is 5.37. The van der Waals surface area contributed by atoms with Crippen molar-refractivity contribution in [1.29, 1.82) is 0 Å². The number of anilines is 1. The van der Waals surface area contributed by atoms with E-state index in [0.717, 1.165) is 12.8 Å². The van der Waals surface area contributed by atoms with Crippen LogP contribution in [0.1, 0.15) is 31.7 Å². The summed E-state index contributed by atoms with van der Waals surface area (Å²) in [6.07, 6.45) is 6.17. The van der Waals surface area contributed by atoms with Crippen molar-refractivity contribution >= 4 is 28.2 Å². The highest BCUT2D eigenvalue weighted by molar-refractivity contribution is 6.33. The SMILES string of the molecule is CN1C2CCC1CC(n1cnc3cc(N)c(Cl)cc3c1=O)C2. The number of benzene rings is 1. The zero-order valence-electron chi connectivity index (χ0n) is 12.5. The number of aromatic nitrogens is 2. The minimum Gasteiger partial charge on any atom is -0.397 e. The maximum atomic E-state index is 12.8. The lowest BCUT2D eigenvalue weighted by Crippen LogP contribution is -2.42. The lowest BCUT2D eigenvalue weighted by molar-refractivity contribution is 0.135. The highest BCUT2D eigenvalue weighted by Gasteiger charge is 2.39. The minimum absolute atomic E-state index is 0.0131. The van der Waals surface area contributed by atoms with E-state index < -0.39 is 0 Å². The van der Waals surface area contributed by atoms with E-state index in [0.29, 0.717) is 33.7 Å². The monoisotopic (exact) mass is 318 g/mol. The Morgan fingerprint density at radius 3 is 2.59 bits per heavy atom. The van der Waals surface area contributed by atoms with E-state index in [-0.39, 0.29) is 11.6 Å². The number of rotatable bonds is 1. The first-order chi connectivity index (χ1) is 10.5. The first-order valence-electron chi connectivity index (χ1n) is 7.72. The Hall–Kier alpha value is -1.59. The Bertz CT molecular complexity index is 789. The third-order valence-corrected chi connectivity index (χ3v) is 5.70. The Labute approximate surface area is 133 Å². The summed E-state index contributed by atoms with van der Waals surface area (Å²) in [4.78, 5) is 19.7. The summed E-state index contributed by atoms with van der Waals surface area (Å²) in [6, 6.07) is 4.71. The molecule has 0 amide bonds. The van der Waals surface area contributed by atoms with Crippen molar-refractivity contribution in [2.75, 3.05) is 12.8 Å². The van der Waals surface area contributed by atoms with Crippen LogP contribution in [0.2, 0.25) is 5.02 Å². The van der Waals surface area contributed by atoms with Gasteiger partial charge < -0.3 is 10.6 Å². The highest BCUT2D eigenvalue weighted by atomic mass is 35.5. The zero-order valence-corrected chi connectivity index (χ0v) is 13.3. The average Bonchev–Trinajstić information content (AvgIpc) is 2.72. The summed E-state index contributed by atoms with van der Waals surface area (Å²) < 4.78 is 1.80. The van der Waals surface area contributed by atoms with E-state index in [4.69, 9.17) is 17.3 Å². The molecule has 2 unspecified atom stereocenters. The summed E-state index contributed by atoms with van der Waals surface area (Å²) in [6.45, 7) is 0. The number of nitrogens with zero attached hydrogens (tertiary/aromatic N) is 3. The van der Waals surface area contributed by atoms with Gasteiger partial charge in [-0.15, -0.1) is 0 Å². The molecule has 2 N–H and O–H groups in total. The third kappa shape index (κ3) is 2.03. The molecular formula is C16H19ClN4O. The Morgan fingerprint density at radius 1 is 1.23 bits per heavy atom. The van der Waals surface area contributed by atoms with Crippen molar-refractivity contribution in [3.63, 3.8) is 0 Å². The molecule has 2 aliphatic rings. The molecule has 0 saturated carbocycles. The van der Waals surface area contributed by atoms with Gasteiger partial charge in [-0.3, -0.25) is 9.36 Å². The first kappa shape index (κ1) is 14.0. The van der Waals surface area contributed by atoms with Crippen molar-refractivity contribution in [3.05, 3.63) is 33.8 Å². The summed E-state index contributed by atoms with van der Waals surface area (Å²) in [5.74, 6) is 0. The van der Waals surface area contributed by atoms with Gasteiger partial charge in [0.05, 0.1) is 27.9 Å². The molecule has 22 heavy (non-hydrogen) atoms. The van der Waals surface area contributed by atoms with E-state index in [1.165, 1.54) is 12.8 Å². The molecule has 2 saturated heterocycles. The normalized spacial score (nSPS) is 28.4. The summed E-state index contributed by atoms with van der Waals surface area (Å²) in [5.41, 5.74) is 6.84. The molecule has 0 aliphatic carbocycles. The quantitative estimate of drug-likeness (QED) is 0.820. The Balaban J connectivity index is 1.78. The van der Waals surface area contributed by atoms with Crippen LogP contribution in [0.3, 0.4) is 0 Å². The van der Waals surface area contributed by atoms with E-state index in [9.17, 15) is 4.79 Å². The van der Waals surface area contributed by atoms with Crippen LogP contribution in [-0.2, 0) is 0 Å². The standard InChI is InChI=1S/C16H19ClN4O/c1-20-9-2-3-10(20)5-11(4-9)21-8-19-15-7-14(18)13(17)6-12(15)16(21)22/h6-11H,2-5,18H2,1H3. The van der Waals surface area contributed by atoms with Gasteiger partial charge in [-0.25, -0.2) is 4.98 Å². The van der Waals surface area contributed by atoms with Gasteiger partial charge in [0.1, 0.15) is 0 Å². The van der Waals surface area contributed by atoms with Gasteiger partial charge in [0.2, 0.25) is 0 Å². The van der Waals surface area contributed by atoms with Crippen LogP contribution in [-0.4, -0.2) is 33.6 Å². The lowest BCUT2D eigenvalue weighted by atomic mass is 9.97.